The maximum Gasteiger partial charge on any atom is 0.243 e. The number of ether oxygens (including phenoxy) is 1. The Morgan fingerprint density at radius 1 is 1.50 bits per heavy atom. The predicted octanol–water partition coefficient (Wildman–Crippen LogP) is 2.20. The summed E-state index contributed by atoms with van der Waals surface area (Å²) >= 11 is 1.28. The Kier molecular flexibility index (Phi) is 4.04. The van der Waals surface area contributed by atoms with Crippen LogP contribution in [0.5, 0.6) is 0 Å². The van der Waals surface area contributed by atoms with Gasteiger partial charge in [-0.15, -0.1) is 0 Å². The number of aryl methyl sites for hydroxylation is 1. The maximum atomic E-state index is 11.9. The van der Waals surface area contributed by atoms with Crippen molar-refractivity contribution in [3.8, 4) is 0 Å². The van der Waals surface area contributed by atoms with Crippen molar-refractivity contribution < 1.29 is 9.53 Å². The topological polar surface area (TPSA) is 53.4 Å². The number of nitrogens with zero attached hydrogens (tertiary/aromatic N) is 1. The van der Waals surface area contributed by atoms with Crippen LogP contribution in [-0.2, 0) is 16.0 Å². The Hall–Kier alpha value is -1.33. The molecular formula is C13H16N2O2S. The summed E-state index contributed by atoms with van der Waals surface area (Å²) in [6.07, 6.45) is 0.744. The number of amides is 1. The minimum Gasteiger partial charge on any atom is -0.384 e. The largest absolute Gasteiger partial charge is 0.384 e. The number of benzene rings is 1. The third-order valence-corrected chi connectivity index (χ3v) is 3.69. The Bertz CT molecular complexity index is 472. The van der Waals surface area contributed by atoms with E-state index in [9.17, 15) is 4.79 Å². The molecule has 1 heterocycles. The summed E-state index contributed by atoms with van der Waals surface area (Å²) in [6.45, 7) is 2.60. The molecule has 1 aromatic rings. The molecule has 1 aromatic carbocycles. The third kappa shape index (κ3) is 2.57. The van der Waals surface area contributed by atoms with Crippen molar-refractivity contribution in [2.24, 2.45) is 0 Å². The molecule has 5 heteroatoms. The van der Waals surface area contributed by atoms with Gasteiger partial charge in [0.25, 0.3) is 0 Å². The van der Waals surface area contributed by atoms with Gasteiger partial charge >= 0.3 is 0 Å². The number of nitrogens with one attached hydrogen (secondary N) is 1. The zero-order valence-corrected chi connectivity index (χ0v) is 11.3. The van der Waals surface area contributed by atoms with Gasteiger partial charge in [0.1, 0.15) is 0 Å². The molecule has 1 aliphatic heterocycles. The SMILES string of the molecule is COCCc1ccc(C)cc1N1C(=N)SCC1=O. The zero-order chi connectivity index (χ0) is 13.1. The van der Waals surface area contributed by atoms with Gasteiger partial charge in [0, 0.05) is 7.11 Å². The van der Waals surface area contributed by atoms with Crippen LogP contribution in [0, 0.1) is 12.3 Å². The molecule has 2 rings (SSSR count). The minimum absolute atomic E-state index is 0.0192. The van der Waals surface area contributed by atoms with E-state index < -0.39 is 0 Å². The number of carbonyl (C=O) groups is 1. The molecule has 0 unspecified atom stereocenters. The summed E-state index contributed by atoms with van der Waals surface area (Å²) < 4.78 is 5.08. The highest BCUT2D eigenvalue weighted by molar-refractivity contribution is 8.15. The standard InChI is InChI=1S/C13H16N2O2S/c1-9-3-4-10(5-6-17-2)11(7-9)15-12(16)8-18-13(15)14/h3-4,7,14H,5-6,8H2,1-2H3. The van der Waals surface area contributed by atoms with Crippen LogP contribution in [0.4, 0.5) is 5.69 Å². The highest BCUT2D eigenvalue weighted by Crippen LogP contribution is 2.30. The first-order valence-electron chi connectivity index (χ1n) is 5.76. The molecule has 1 amide bonds. The molecule has 1 fully saturated rings. The number of methoxy groups -OCH3 is 1. The smallest absolute Gasteiger partial charge is 0.243 e. The molecule has 96 valence electrons. The number of rotatable bonds is 4. The van der Waals surface area contributed by atoms with Crippen LogP contribution >= 0.6 is 11.8 Å². The highest BCUT2D eigenvalue weighted by Gasteiger charge is 2.29. The van der Waals surface area contributed by atoms with Crippen LogP contribution in [0.2, 0.25) is 0 Å². The quantitative estimate of drug-likeness (QED) is 0.907. The van der Waals surface area contributed by atoms with Crippen LogP contribution in [0.25, 0.3) is 0 Å². The Balaban J connectivity index is 2.37. The van der Waals surface area contributed by atoms with Crippen LogP contribution in [0.1, 0.15) is 11.1 Å². The van der Waals surface area contributed by atoms with Crippen LogP contribution in [-0.4, -0.2) is 30.5 Å². The van der Waals surface area contributed by atoms with Crippen molar-refractivity contribution in [3.63, 3.8) is 0 Å². The lowest BCUT2D eigenvalue weighted by molar-refractivity contribution is -0.115. The molecular weight excluding hydrogens is 248 g/mol. The lowest BCUT2D eigenvalue weighted by Crippen LogP contribution is -2.29. The lowest BCUT2D eigenvalue weighted by atomic mass is 10.1. The Morgan fingerprint density at radius 3 is 2.89 bits per heavy atom. The van der Waals surface area contributed by atoms with Gasteiger partial charge in [-0.2, -0.15) is 0 Å². The molecule has 1 saturated heterocycles. The summed E-state index contributed by atoms with van der Waals surface area (Å²) in [6, 6.07) is 5.99. The lowest BCUT2D eigenvalue weighted by Gasteiger charge is -2.19. The van der Waals surface area contributed by atoms with E-state index in [2.05, 4.69) is 0 Å². The van der Waals surface area contributed by atoms with Gasteiger partial charge in [0.05, 0.1) is 18.0 Å². The fourth-order valence-corrected chi connectivity index (χ4v) is 2.64. The van der Waals surface area contributed by atoms with Gasteiger partial charge in [-0.05, 0) is 30.5 Å². The van der Waals surface area contributed by atoms with Crippen molar-refractivity contribution in [2.45, 2.75) is 13.3 Å². The number of hydrogen-bond acceptors (Lipinski definition) is 4. The number of hydrogen-bond donors (Lipinski definition) is 1. The van der Waals surface area contributed by atoms with Crippen molar-refractivity contribution in [1.82, 2.24) is 0 Å². The van der Waals surface area contributed by atoms with E-state index in [1.54, 1.807) is 7.11 Å². The van der Waals surface area contributed by atoms with Gasteiger partial charge in [0.2, 0.25) is 5.91 Å². The molecule has 0 saturated carbocycles. The van der Waals surface area contributed by atoms with Gasteiger partial charge in [-0.3, -0.25) is 15.1 Å². The van der Waals surface area contributed by atoms with E-state index in [4.69, 9.17) is 10.1 Å². The Labute approximate surface area is 111 Å². The fourth-order valence-electron chi connectivity index (χ4n) is 1.92. The second-order valence-corrected chi connectivity index (χ2v) is 5.16. The van der Waals surface area contributed by atoms with Crippen LogP contribution in [0.3, 0.4) is 0 Å². The first-order chi connectivity index (χ1) is 8.63. The van der Waals surface area contributed by atoms with Gasteiger partial charge < -0.3 is 4.74 Å². The monoisotopic (exact) mass is 264 g/mol. The molecule has 0 spiro atoms. The van der Waals surface area contributed by atoms with Crippen molar-refractivity contribution in [2.75, 3.05) is 24.4 Å². The van der Waals surface area contributed by atoms with Gasteiger partial charge in [0.15, 0.2) is 5.17 Å². The van der Waals surface area contributed by atoms with Crippen molar-refractivity contribution >= 4 is 28.5 Å². The first kappa shape index (κ1) is 13.1. The zero-order valence-electron chi connectivity index (χ0n) is 10.5. The molecule has 0 aromatic heterocycles. The summed E-state index contributed by atoms with van der Waals surface area (Å²) in [4.78, 5) is 13.4. The second-order valence-electron chi connectivity index (χ2n) is 4.20. The fraction of sp³-hybridized carbons (Fsp3) is 0.385. The average molecular weight is 264 g/mol. The first-order valence-corrected chi connectivity index (χ1v) is 6.75. The minimum atomic E-state index is -0.0192. The molecule has 0 radical (unpaired) electrons. The summed E-state index contributed by atoms with van der Waals surface area (Å²) in [5.41, 5.74) is 2.96. The highest BCUT2D eigenvalue weighted by atomic mass is 32.2. The van der Waals surface area contributed by atoms with Gasteiger partial charge in [-0.1, -0.05) is 23.9 Å². The van der Waals surface area contributed by atoms with E-state index >= 15 is 0 Å². The molecule has 1 N–H and O–H groups in total. The van der Waals surface area contributed by atoms with Gasteiger partial charge in [-0.25, -0.2) is 0 Å². The Morgan fingerprint density at radius 2 is 2.28 bits per heavy atom. The number of carbonyl (C=O) groups excluding carboxylic acids is 1. The molecule has 1 aliphatic rings. The molecule has 0 aliphatic carbocycles. The normalized spacial score (nSPS) is 15.6. The predicted molar refractivity (Wildman–Crippen MR) is 74.4 cm³/mol. The third-order valence-electron chi connectivity index (χ3n) is 2.84. The average Bonchev–Trinajstić information content (AvgIpc) is 2.67. The molecule has 4 nitrogen and oxygen atoms in total. The second kappa shape index (κ2) is 5.54. The van der Waals surface area contributed by atoms with Crippen molar-refractivity contribution in [1.29, 1.82) is 5.41 Å². The summed E-state index contributed by atoms with van der Waals surface area (Å²) in [7, 11) is 1.66. The number of thioether (sulfide) groups is 1. The van der Waals surface area contributed by atoms with E-state index in [1.807, 2.05) is 25.1 Å². The summed E-state index contributed by atoms with van der Waals surface area (Å²) in [5.74, 6) is 0.338. The summed E-state index contributed by atoms with van der Waals surface area (Å²) in [5, 5.41) is 8.16. The maximum absolute atomic E-state index is 11.9. The van der Waals surface area contributed by atoms with E-state index in [0.29, 0.717) is 17.5 Å². The van der Waals surface area contributed by atoms with Crippen molar-refractivity contribution in [3.05, 3.63) is 29.3 Å². The molecule has 18 heavy (non-hydrogen) atoms. The van der Waals surface area contributed by atoms with Crippen LogP contribution in [0.15, 0.2) is 18.2 Å². The molecule has 0 bridgehead atoms. The van der Waals surface area contributed by atoms with E-state index in [0.717, 1.165) is 23.2 Å². The van der Waals surface area contributed by atoms with E-state index in [1.165, 1.54) is 16.7 Å². The van der Waals surface area contributed by atoms with Crippen LogP contribution < -0.4 is 4.90 Å². The number of amidine groups is 1. The molecule has 0 atom stereocenters. The van der Waals surface area contributed by atoms with E-state index in [-0.39, 0.29) is 5.91 Å². The number of anilines is 1.